The van der Waals surface area contributed by atoms with E-state index in [4.69, 9.17) is 18.0 Å². The maximum Gasteiger partial charge on any atom is 0.194 e. The van der Waals surface area contributed by atoms with Crippen molar-refractivity contribution < 1.29 is 0 Å². The molecule has 4 N–H and O–H groups in total. The molecule has 41 heavy (non-hydrogen) atoms. The average Bonchev–Trinajstić information content (AvgIpc) is 3.02. The van der Waals surface area contributed by atoms with Crippen LogP contribution >= 0.6 is 0 Å². The Bertz CT molecular complexity index is 1790. The fourth-order valence-electron chi connectivity index (χ4n) is 4.45. The lowest BCUT2D eigenvalue weighted by molar-refractivity contribution is 1.28. The summed E-state index contributed by atoms with van der Waals surface area (Å²) in [6.07, 6.45) is 7.59. The summed E-state index contributed by atoms with van der Waals surface area (Å²) in [4.78, 5) is 5.89. The molecular formula is C36H27N5. The summed E-state index contributed by atoms with van der Waals surface area (Å²) in [5, 5.41) is 9.80. The van der Waals surface area contributed by atoms with E-state index in [2.05, 4.69) is 40.1 Å². The topological polar surface area (TPSA) is 83.4 Å². The van der Waals surface area contributed by atoms with E-state index in [1.807, 2.05) is 103 Å². The zero-order valence-corrected chi connectivity index (χ0v) is 22.3. The monoisotopic (exact) mass is 529 g/mol. The normalized spacial score (nSPS) is 10.9. The van der Waals surface area contributed by atoms with Crippen molar-refractivity contribution >= 4 is 58.4 Å². The highest BCUT2D eigenvalue weighted by Crippen LogP contribution is 2.35. The third kappa shape index (κ3) is 6.34. The zero-order chi connectivity index (χ0) is 28.6. The molecule has 0 spiro atoms. The van der Waals surface area contributed by atoms with Crippen LogP contribution in [0.5, 0.6) is 0 Å². The highest BCUT2D eigenvalue weighted by atomic mass is 15.1. The molecule has 196 valence electrons. The van der Waals surface area contributed by atoms with Crippen LogP contribution in [0.4, 0.5) is 34.1 Å². The number of nitriles is 1. The fraction of sp³-hybridized carbons (Fsp3) is 0. The van der Waals surface area contributed by atoms with Crippen molar-refractivity contribution in [2.75, 3.05) is 16.4 Å². The third-order valence-corrected chi connectivity index (χ3v) is 6.60. The van der Waals surface area contributed by atoms with Gasteiger partial charge in [-0.25, -0.2) is 4.85 Å². The summed E-state index contributed by atoms with van der Waals surface area (Å²) in [7, 11) is 0. The van der Waals surface area contributed by atoms with Gasteiger partial charge >= 0.3 is 0 Å². The van der Waals surface area contributed by atoms with E-state index in [0.29, 0.717) is 33.8 Å². The molecule has 0 atom stereocenters. The van der Waals surface area contributed by atoms with Gasteiger partial charge in [0.1, 0.15) is 0 Å². The average molecular weight is 530 g/mol. The van der Waals surface area contributed by atoms with Gasteiger partial charge in [-0.3, -0.25) is 0 Å². The molecule has 5 rings (SSSR count). The van der Waals surface area contributed by atoms with Gasteiger partial charge in [-0.15, -0.1) is 0 Å². The Hall–Kier alpha value is -6.04. The Balaban J connectivity index is 1.41. The van der Waals surface area contributed by atoms with Gasteiger partial charge in [0.2, 0.25) is 0 Å². The molecule has 0 aliphatic heterocycles. The number of nitrogens with zero attached hydrogens (tertiary/aromatic N) is 3. The number of benzene rings is 5. The standard InChI is InChI=1S/C36H27N5/c1-40-36-24-28(13-7-26-9-15-31(38)16-10-26)30(25-37)23-29(36)14-8-27-11-19-34(20-12-27)41(33-5-3-2-4-6-33)35-21-17-32(39)18-22-35/h2-24H,38-39H2. The molecule has 0 saturated heterocycles. The molecule has 5 nitrogen and oxygen atoms in total. The molecule has 0 aromatic heterocycles. The summed E-state index contributed by atoms with van der Waals surface area (Å²) >= 11 is 0. The van der Waals surface area contributed by atoms with Crippen LogP contribution < -0.4 is 16.4 Å². The molecule has 5 aromatic rings. The van der Waals surface area contributed by atoms with Crippen LogP contribution in [0.15, 0.2) is 115 Å². The smallest absolute Gasteiger partial charge is 0.194 e. The summed E-state index contributed by atoms with van der Waals surface area (Å²) in [5.74, 6) is 0. The fourth-order valence-corrected chi connectivity index (χ4v) is 4.45. The summed E-state index contributed by atoms with van der Waals surface area (Å²) in [6.45, 7) is 7.72. The minimum absolute atomic E-state index is 0.479. The second kappa shape index (κ2) is 12.2. The van der Waals surface area contributed by atoms with Crippen LogP contribution in [-0.4, -0.2) is 0 Å². The van der Waals surface area contributed by atoms with E-state index in [9.17, 15) is 5.26 Å². The summed E-state index contributed by atoms with van der Waals surface area (Å²) in [5.41, 5.74) is 20.4. The second-order valence-electron chi connectivity index (χ2n) is 9.41. The van der Waals surface area contributed by atoms with Crippen LogP contribution in [-0.2, 0) is 0 Å². The largest absolute Gasteiger partial charge is 0.399 e. The van der Waals surface area contributed by atoms with Crippen LogP contribution in [0.2, 0.25) is 0 Å². The van der Waals surface area contributed by atoms with Crippen molar-refractivity contribution in [2.24, 2.45) is 0 Å². The maximum absolute atomic E-state index is 9.80. The lowest BCUT2D eigenvalue weighted by Gasteiger charge is -2.25. The molecule has 0 aliphatic carbocycles. The first-order valence-electron chi connectivity index (χ1n) is 13.0. The zero-order valence-electron chi connectivity index (χ0n) is 22.3. The van der Waals surface area contributed by atoms with Gasteiger partial charge in [0.25, 0.3) is 0 Å². The Morgan fingerprint density at radius 2 is 1.10 bits per heavy atom. The second-order valence-corrected chi connectivity index (χ2v) is 9.41. The predicted octanol–water partition coefficient (Wildman–Crippen LogP) is 9.08. The number of rotatable bonds is 7. The first kappa shape index (κ1) is 26.6. The van der Waals surface area contributed by atoms with Crippen molar-refractivity contribution in [3.8, 4) is 6.07 Å². The van der Waals surface area contributed by atoms with Crippen molar-refractivity contribution in [1.82, 2.24) is 0 Å². The van der Waals surface area contributed by atoms with Gasteiger partial charge in [0, 0.05) is 28.4 Å². The van der Waals surface area contributed by atoms with Gasteiger partial charge in [-0.2, -0.15) is 5.26 Å². The van der Waals surface area contributed by atoms with Gasteiger partial charge in [-0.05, 0) is 95.1 Å². The van der Waals surface area contributed by atoms with Gasteiger partial charge in [0.15, 0.2) is 5.69 Å². The molecule has 5 aromatic carbocycles. The first-order chi connectivity index (χ1) is 20.0. The van der Waals surface area contributed by atoms with Crippen LogP contribution in [0.3, 0.4) is 0 Å². The Kier molecular flexibility index (Phi) is 7.91. The molecule has 0 fully saturated rings. The number of para-hydroxylation sites is 1. The van der Waals surface area contributed by atoms with E-state index >= 15 is 0 Å². The highest BCUT2D eigenvalue weighted by molar-refractivity contribution is 5.83. The minimum Gasteiger partial charge on any atom is -0.399 e. The molecule has 5 heteroatoms. The summed E-state index contributed by atoms with van der Waals surface area (Å²) in [6, 6.07) is 39.4. The molecule has 0 bridgehead atoms. The van der Waals surface area contributed by atoms with Crippen molar-refractivity contribution in [1.29, 1.82) is 5.26 Å². The molecule has 0 unspecified atom stereocenters. The van der Waals surface area contributed by atoms with E-state index in [1.165, 1.54) is 0 Å². The van der Waals surface area contributed by atoms with Crippen LogP contribution in [0.1, 0.15) is 27.8 Å². The Morgan fingerprint density at radius 1 is 0.610 bits per heavy atom. The van der Waals surface area contributed by atoms with Gasteiger partial charge in [-0.1, -0.05) is 66.8 Å². The molecule has 0 heterocycles. The summed E-state index contributed by atoms with van der Waals surface area (Å²) < 4.78 is 0. The molecule has 0 aliphatic rings. The van der Waals surface area contributed by atoms with Gasteiger partial charge < -0.3 is 16.4 Å². The number of nitrogen functional groups attached to an aromatic ring is 2. The third-order valence-electron chi connectivity index (χ3n) is 6.60. The number of nitrogens with two attached hydrogens (primary N) is 2. The van der Waals surface area contributed by atoms with E-state index in [-0.39, 0.29) is 0 Å². The lowest BCUT2D eigenvalue weighted by Crippen LogP contribution is -2.09. The van der Waals surface area contributed by atoms with Crippen LogP contribution in [0, 0.1) is 17.9 Å². The molecule has 0 saturated carbocycles. The van der Waals surface area contributed by atoms with Crippen molar-refractivity contribution in [2.45, 2.75) is 0 Å². The minimum atomic E-state index is 0.479. The van der Waals surface area contributed by atoms with Crippen molar-refractivity contribution in [3.63, 3.8) is 0 Å². The SMILES string of the molecule is [C-]#[N+]c1cc(C=Cc2ccc(N)cc2)c(C#N)cc1C=Cc1ccc(N(c2ccccc2)c2ccc(N)cc2)cc1. The molecular weight excluding hydrogens is 502 g/mol. The molecule has 0 radical (unpaired) electrons. The highest BCUT2D eigenvalue weighted by Gasteiger charge is 2.12. The maximum atomic E-state index is 9.80. The quantitative estimate of drug-likeness (QED) is 0.125. The predicted molar refractivity (Wildman–Crippen MR) is 172 cm³/mol. The van der Waals surface area contributed by atoms with E-state index in [1.54, 1.807) is 12.1 Å². The number of hydrogen-bond acceptors (Lipinski definition) is 4. The lowest BCUT2D eigenvalue weighted by atomic mass is 10.0. The number of hydrogen-bond donors (Lipinski definition) is 2. The van der Waals surface area contributed by atoms with Crippen molar-refractivity contribution in [3.05, 3.63) is 154 Å². The number of anilines is 5. The molecule has 0 amide bonds. The van der Waals surface area contributed by atoms with E-state index < -0.39 is 0 Å². The first-order valence-corrected chi connectivity index (χ1v) is 13.0. The van der Waals surface area contributed by atoms with Crippen LogP contribution in [0.25, 0.3) is 29.1 Å². The Morgan fingerprint density at radius 3 is 1.66 bits per heavy atom. The van der Waals surface area contributed by atoms with Gasteiger partial charge in [0.05, 0.1) is 18.2 Å². The Labute approximate surface area is 240 Å². The van der Waals surface area contributed by atoms with E-state index in [0.717, 1.165) is 28.2 Å².